The maximum absolute atomic E-state index is 5.57. The summed E-state index contributed by atoms with van der Waals surface area (Å²) < 4.78 is 9.95. The summed E-state index contributed by atoms with van der Waals surface area (Å²) in [5.41, 5.74) is 7.12. The summed E-state index contributed by atoms with van der Waals surface area (Å²) in [4.78, 5) is 4.16. The third-order valence-electron chi connectivity index (χ3n) is 1.90. The Balaban J connectivity index is 2.25. The van der Waals surface area contributed by atoms with Gasteiger partial charge in [0.05, 0.1) is 0 Å². The predicted molar refractivity (Wildman–Crippen MR) is 54.9 cm³/mol. The maximum Gasteiger partial charge on any atom is 0.258 e. The van der Waals surface area contributed by atoms with Crippen molar-refractivity contribution in [1.82, 2.24) is 10.1 Å². The molecule has 0 saturated carbocycles. The number of anilines is 1. The summed E-state index contributed by atoms with van der Waals surface area (Å²) >= 11 is 0. The van der Waals surface area contributed by atoms with E-state index in [4.69, 9.17) is 15.0 Å². The van der Waals surface area contributed by atoms with Gasteiger partial charge in [0, 0.05) is 18.4 Å². The van der Waals surface area contributed by atoms with Crippen LogP contribution < -0.4 is 5.73 Å². The first kappa shape index (κ1) is 9.67. The molecule has 5 heteroatoms. The van der Waals surface area contributed by atoms with Gasteiger partial charge in [0.1, 0.15) is 6.61 Å². The molecular formula is C10H11N3O2. The van der Waals surface area contributed by atoms with Crippen LogP contribution in [0.3, 0.4) is 0 Å². The number of nitrogens with two attached hydrogens (primary N) is 1. The Bertz CT molecular complexity index is 436. The second-order valence-corrected chi connectivity index (χ2v) is 3.07. The first-order chi connectivity index (χ1) is 7.29. The van der Waals surface area contributed by atoms with E-state index in [0.29, 0.717) is 24.0 Å². The summed E-state index contributed by atoms with van der Waals surface area (Å²) in [5.74, 6) is 1.01. The van der Waals surface area contributed by atoms with Crippen LogP contribution in [0.15, 0.2) is 28.8 Å². The van der Waals surface area contributed by atoms with Crippen molar-refractivity contribution >= 4 is 5.69 Å². The fourth-order valence-electron chi connectivity index (χ4n) is 1.18. The number of methoxy groups -OCH3 is 1. The van der Waals surface area contributed by atoms with Crippen molar-refractivity contribution in [2.75, 3.05) is 12.8 Å². The summed E-state index contributed by atoms with van der Waals surface area (Å²) in [6.45, 7) is 0.346. The standard InChI is InChI=1S/C10H11N3O2/c1-14-6-9-12-10(15-13-9)7-2-4-8(11)5-3-7/h2-5H,6,11H2,1H3. The molecule has 2 N–H and O–H groups in total. The number of nitrogen functional groups attached to an aromatic ring is 1. The molecule has 1 aromatic carbocycles. The van der Waals surface area contributed by atoms with Crippen LogP contribution in [0.4, 0.5) is 5.69 Å². The zero-order valence-electron chi connectivity index (χ0n) is 8.30. The molecule has 0 aliphatic carbocycles. The van der Waals surface area contributed by atoms with Crippen LogP contribution in [0, 0.1) is 0 Å². The zero-order chi connectivity index (χ0) is 10.7. The Morgan fingerprint density at radius 3 is 2.73 bits per heavy atom. The molecule has 0 amide bonds. The fourth-order valence-corrected chi connectivity index (χ4v) is 1.18. The summed E-state index contributed by atoms with van der Waals surface area (Å²) in [5, 5.41) is 3.76. The van der Waals surface area contributed by atoms with E-state index >= 15 is 0 Å². The molecule has 0 atom stereocenters. The predicted octanol–water partition coefficient (Wildman–Crippen LogP) is 1.47. The molecule has 0 radical (unpaired) electrons. The third kappa shape index (κ3) is 2.13. The molecule has 1 aromatic heterocycles. The average molecular weight is 205 g/mol. The van der Waals surface area contributed by atoms with Crippen LogP contribution in [0.25, 0.3) is 11.5 Å². The Morgan fingerprint density at radius 1 is 1.33 bits per heavy atom. The molecule has 0 fully saturated rings. The molecule has 78 valence electrons. The highest BCUT2D eigenvalue weighted by atomic mass is 16.5. The monoisotopic (exact) mass is 205 g/mol. The molecule has 0 spiro atoms. The molecule has 0 unspecified atom stereocenters. The number of rotatable bonds is 3. The minimum Gasteiger partial charge on any atom is -0.399 e. The van der Waals surface area contributed by atoms with Gasteiger partial charge in [-0.25, -0.2) is 0 Å². The molecule has 0 saturated heterocycles. The number of ether oxygens (including phenoxy) is 1. The fraction of sp³-hybridized carbons (Fsp3) is 0.200. The van der Waals surface area contributed by atoms with Gasteiger partial charge in [-0.1, -0.05) is 5.16 Å². The number of aromatic nitrogens is 2. The lowest BCUT2D eigenvalue weighted by Gasteiger charge is -1.94. The first-order valence-corrected chi connectivity index (χ1v) is 4.47. The maximum atomic E-state index is 5.57. The van der Waals surface area contributed by atoms with E-state index in [1.807, 2.05) is 12.1 Å². The van der Waals surface area contributed by atoms with Crippen LogP contribution in [0.5, 0.6) is 0 Å². The van der Waals surface area contributed by atoms with Crippen molar-refractivity contribution in [3.8, 4) is 11.5 Å². The van der Waals surface area contributed by atoms with E-state index in [0.717, 1.165) is 5.56 Å². The summed E-state index contributed by atoms with van der Waals surface area (Å²) in [7, 11) is 1.58. The molecule has 1 heterocycles. The van der Waals surface area contributed by atoms with E-state index in [1.165, 1.54) is 0 Å². The minimum absolute atomic E-state index is 0.346. The number of nitrogens with zero attached hydrogens (tertiary/aromatic N) is 2. The van der Waals surface area contributed by atoms with Crippen LogP contribution in [-0.4, -0.2) is 17.3 Å². The SMILES string of the molecule is COCc1noc(-c2ccc(N)cc2)n1. The highest BCUT2D eigenvalue weighted by Gasteiger charge is 2.07. The minimum atomic E-state index is 0.346. The van der Waals surface area contributed by atoms with E-state index in [1.54, 1.807) is 19.2 Å². The molecule has 0 aliphatic rings. The van der Waals surface area contributed by atoms with Crippen molar-refractivity contribution in [3.05, 3.63) is 30.1 Å². The van der Waals surface area contributed by atoms with Crippen LogP contribution in [-0.2, 0) is 11.3 Å². The van der Waals surface area contributed by atoms with Gasteiger partial charge in [-0.05, 0) is 24.3 Å². The molecule has 2 rings (SSSR count). The van der Waals surface area contributed by atoms with Crippen molar-refractivity contribution in [2.45, 2.75) is 6.61 Å². The number of hydrogen-bond donors (Lipinski definition) is 1. The Hall–Kier alpha value is -1.88. The second-order valence-electron chi connectivity index (χ2n) is 3.07. The van der Waals surface area contributed by atoms with E-state index < -0.39 is 0 Å². The quantitative estimate of drug-likeness (QED) is 0.768. The van der Waals surface area contributed by atoms with Crippen molar-refractivity contribution in [2.24, 2.45) is 0 Å². The van der Waals surface area contributed by atoms with Gasteiger partial charge in [0.2, 0.25) is 0 Å². The Morgan fingerprint density at radius 2 is 2.07 bits per heavy atom. The van der Waals surface area contributed by atoms with Gasteiger partial charge in [-0.3, -0.25) is 0 Å². The summed E-state index contributed by atoms with van der Waals surface area (Å²) in [6.07, 6.45) is 0. The number of hydrogen-bond acceptors (Lipinski definition) is 5. The number of benzene rings is 1. The Labute approximate surface area is 86.9 Å². The Kier molecular flexibility index (Phi) is 2.64. The smallest absolute Gasteiger partial charge is 0.258 e. The molecule has 2 aromatic rings. The van der Waals surface area contributed by atoms with Gasteiger partial charge in [0.15, 0.2) is 5.82 Å². The van der Waals surface area contributed by atoms with Gasteiger partial charge >= 0.3 is 0 Å². The van der Waals surface area contributed by atoms with Crippen molar-refractivity contribution < 1.29 is 9.26 Å². The lowest BCUT2D eigenvalue weighted by Crippen LogP contribution is -1.89. The van der Waals surface area contributed by atoms with Crippen LogP contribution in [0.2, 0.25) is 0 Å². The van der Waals surface area contributed by atoms with Crippen molar-refractivity contribution in [3.63, 3.8) is 0 Å². The topological polar surface area (TPSA) is 74.2 Å². The zero-order valence-corrected chi connectivity index (χ0v) is 8.30. The molecule has 15 heavy (non-hydrogen) atoms. The molecule has 0 aliphatic heterocycles. The van der Waals surface area contributed by atoms with Gasteiger partial charge in [-0.2, -0.15) is 4.98 Å². The highest BCUT2D eigenvalue weighted by Crippen LogP contribution is 2.18. The van der Waals surface area contributed by atoms with Crippen molar-refractivity contribution in [1.29, 1.82) is 0 Å². The van der Waals surface area contributed by atoms with E-state index in [9.17, 15) is 0 Å². The first-order valence-electron chi connectivity index (χ1n) is 4.47. The van der Waals surface area contributed by atoms with E-state index in [-0.39, 0.29) is 0 Å². The van der Waals surface area contributed by atoms with Crippen LogP contribution in [0.1, 0.15) is 5.82 Å². The summed E-state index contributed by atoms with van der Waals surface area (Å²) in [6, 6.07) is 7.24. The van der Waals surface area contributed by atoms with Gasteiger partial charge in [-0.15, -0.1) is 0 Å². The molecular weight excluding hydrogens is 194 g/mol. The average Bonchev–Trinajstić information content (AvgIpc) is 2.68. The lowest BCUT2D eigenvalue weighted by atomic mass is 10.2. The van der Waals surface area contributed by atoms with E-state index in [2.05, 4.69) is 10.1 Å². The molecule has 0 bridgehead atoms. The second kappa shape index (κ2) is 4.10. The highest BCUT2D eigenvalue weighted by molar-refractivity contribution is 5.56. The largest absolute Gasteiger partial charge is 0.399 e. The van der Waals surface area contributed by atoms with Gasteiger partial charge < -0.3 is 15.0 Å². The normalized spacial score (nSPS) is 10.5. The molecule has 5 nitrogen and oxygen atoms in total. The third-order valence-corrected chi connectivity index (χ3v) is 1.90. The lowest BCUT2D eigenvalue weighted by molar-refractivity contribution is 0.174. The van der Waals surface area contributed by atoms with Crippen LogP contribution >= 0.6 is 0 Å². The van der Waals surface area contributed by atoms with Gasteiger partial charge in [0.25, 0.3) is 5.89 Å².